The van der Waals surface area contributed by atoms with Crippen molar-refractivity contribution in [3.8, 4) is 0 Å². The number of nitrogens with zero attached hydrogens (tertiary/aromatic N) is 2. The van der Waals surface area contributed by atoms with E-state index in [-0.39, 0.29) is 5.92 Å². The predicted octanol–water partition coefficient (Wildman–Crippen LogP) is 3.90. The summed E-state index contributed by atoms with van der Waals surface area (Å²) in [4.78, 5) is 0. The predicted molar refractivity (Wildman–Crippen MR) is 82.3 cm³/mol. The summed E-state index contributed by atoms with van der Waals surface area (Å²) in [5.41, 5.74) is 4.64. The van der Waals surface area contributed by atoms with Gasteiger partial charge in [0, 0.05) is 12.6 Å². The molecule has 4 heteroatoms. The first-order valence-electron chi connectivity index (χ1n) is 6.80. The number of halogens is 1. The van der Waals surface area contributed by atoms with Crippen molar-refractivity contribution in [1.29, 1.82) is 0 Å². The minimum absolute atomic E-state index is 0.212. The molecule has 2 aromatic rings. The van der Waals surface area contributed by atoms with Gasteiger partial charge in [0.15, 0.2) is 0 Å². The molecule has 1 aromatic carbocycles. The summed E-state index contributed by atoms with van der Waals surface area (Å²) in [5.74, 6) is 0.212. The van der Waals surface area contributed by atoms with Crippen molar-refractivity contribution in [3.63, 3.8) is 0 Å². The highest BCUT2D eigenvalue weighted by Crippen LogP contribution is 2.35. The molecule has 0 saturated carbocycles. The van der Waals surface area contributed by atoms with E-state index in [9.17, 15) is 5.11 Å². The molecule has 108 valence electrons. The monoisotopic (exact) mass is 292 g/mol. The van der Waals surface area contributed by atoms with Gasteiger partial charge in [-0.25, -0.2) is 0 Å². The Bertz CT molecular complexity index is 632. The zero-order chi connectivity index (χ0) is 15.0. The lowest BCUT2D eigenvalue weighted by Gasteiger charge is -2.16. The SMILES string of the molecule is Cc1ccc(C)c(C(O)c2c(C(C)C)nn(C)c2Cl)c1. The Balaban J connectivity index is 2.58. The average Bonchev–Trinajstić information content (AvgIpc) is 2.68. The highest BCUT2D eigenvalue weighted by atomic mass is 35.5. The van der Waals surface area contributed by atoms with Crippen LogP contribution in [0.4, 0.5) is 0 Å². The van der Waals surface area contributed by atoms with E-state index in [1.54, 1.807) is 11.7 Å². The smallest absolute Gasteiger partial charge is 0.133 e. The van der Waals surface area contributed by atoms with Crippen LogP contribution in [0.3, 0.4) is 0 Å². The van der Waals surface area contributed by atoms with Crippen LogP contribution in [0.2, 0.25) is 5.15 Å². The molecule has 0 fully saturated rings. The quantitative estimate of drug-likeness (QED) is 0.932. The standard InChI is InChI=1S/C16H21ClN2O/c1-9(2)14-13(16(17)19(5)18-14)15(20)12-8-10(3)6-7-11(12)4/h6-9,15,20H,1-5H3. The van der Waals surface area contributed by atoms with E-state index in [0.717, 1.165) is 27.9 Å². The van der Waals surface area contributed by atoms with Crippen LogP contribution in [0, 0.1) is 13.8 Å². The van der Waals surface area contributed by atoms with Crippen LogP contribution in [0.5, 0.6) is 0 Å². The van der Waals surface area contributed by atoms with Crippen molar-refractivity contribution in [1.82, 2.24) is 9.78 Å². The van der Waals surface area contributed by atoms with Gasteiger partial charge in [-0.1, -0.05) is 49.2 Å². The number of hydrogen-bond acceptors (Lipinski definition) is 2. The van der Waals surface area contributed by atoms with Crippen molar-refractivity contribution >= 4 is 11.6 Å². The maximum atomic E-state index is 10.8. The maximum absolute atomic E-state index is 10.8. The fourth-order valence-electron chi connectivity index (χ4n) is 2.43. The summed E-state index contributed by atoms with van der Waals surface area (Å²) in [5, 5.41) is 15.7. The molecule has 20 heavy (non-hydrogen) atoms. The largest absolute Gasteiger partial charge is 0.383 e. The number of aliphatic hydroxyl groups excluding tert-OH is 1. The topological polar surface area (TPSA) is 38.1 Å². The molecule has 0 aliphatic carbocycles. The molecule has 1 unspecified atom stereocenters. The zero-order valence-corrected chi connectivity index (χ0v) is 13.4. The molecule has 0 aliphatic heterocycles. The van der Waals surface area contributed by atoms with E-state index in [1.165, 1.54) is 0 Å². The van der Waals surface area contributed by atoms with Gasteiger partial charge in [-0.15, -0.1) is 0 Å². The van der Waals surface area contributed by atoms with Gasteiger partial charge in [-0.05, 0) is 30.9 Å². The van der Waals surface area contributed by atoms with Crippen molar-refractivity contribution in [2.75, 3.05) is 0 Å². The fourth-order valence-corrected chi connectivity index (χ4v) is 2.67. The maximum Gasteiger partial charge on any atom is 0.133 e. The normalized spacial score (nSPS) is 13.0. The summed E-state index contributed by atoms with van der Waals surface area (Å²) < 4.78 is 1.63. The molecule has 1 aromatic heterocycles. The van der Waals surface area contributed by atoms with Crippen LogP contribution >= 0.6 is 11.6 Å². The van der Waals surface area contributed by atoms with E-state index in [2.05, 4.69) is 18.9 Å². The van der Waals surface area contributed by atoms with Gasteiger partial charge in [0.2, 0.25) is 0 Å². The number of benzene rings is 1. The number of aromatic nitrogens is 2. The summed E-state index contributed by atoms with van der Waals surface area (Å²) in [7, 11) is 1.80. The summed E-state index contributed by atoms with van der Waals surface area (Å²) in [6.45, 7) is 8.12. The van der Waals surface area contributed by atoms with E-state index in [0.29, 0.717) is 5.15 Å². The second-order valence-electron chi connectivity index (χ2n) is 5.63. The third-order valence-electron chi connectivity index (χ3n) is 3.59. The number of rotatable bonds is 3. The van der Waals surface area contributed by atoms with E-state index in [4.69, 9.17) is 11.6 Å². The molecule has 0 radical (unpaired) electrons. The lowest BCUT2D eigenvalue weighted by molar-refractivity contribution is 0.218. The molecule has 3 nitrogen and oxygen atoms in total. The van der Waals surface area contributed by atoms with Crippen LogP contribution in [0.1, 0.15) is 53.8 Å². The van der Waals surface area contributed by atoms with Gasteiger partial charge in [-0.2, -0.15) is 5.10 Å². The molecule has 0 saturated heterocycles. The van der Waals surface area contributed by atoms with E-state index in [1.807, 2.05) is 32.0 Å². The highest BCUT2D eigenvalue weighted by Gasteiger charge is 2.25. The lowest BCUT2D eigenvalue weighted by atomic mass is 9.93. The van der Waals surface area contributed by atoms with Crippen LogP contribution in [-0.2, 0) is 7.05 Å². The second kappa shape index (κ2) is 5.58. The van der Waals surface area contributed by atoms with Gasteiger partial charge < -0.3 is 5.11 Å². The van der Waals surface area contributed by atoms with E-state index >= 15 is 0 Å². The molecule has 0 aliphatic rings. The Morgan fingerprint density at radius 1 is 1.25 bits per heavy atom. The molecule has 1 atom stereocenters. The number of aliphatic hydroxyl groups is 1. The first-order valence-corrected chi connectivity index (χ1v) is 7.18. The average molecular weight is 293 g/mol. The number of aryl methyl sites for hydroxylation is 3. The summed E-state index contributed by atoms with van der Waals surface area (Å²) >= 11 is 6.34. The Labute approximate surface area is 125 Å². The minimum atomic E-state index is -0.742. The second-order valence-corrected chi connectivity index (χ2v) is 5.99. The Morgan fingerprint density at radius 2 is 1.90 bits per heavy atom. The summed E-state index contributed by atoms with van der Waals surface area (Å²) in [6.07, 6.45) is -0.742. The van der Waals surface area contributed by atoms with Gasteiger partial charge in [-0.3, -0.25) is 4.68 Å². The lowest BCUT2D eigenvalue weighted by Crippen LogP contribution is -2.06. The summed E-state index contributed by atoms with van der Waals surface area (Å²) in [6, 6.07) is 6.07. The van der Waals surface area contributed by atoms with Crippen molar-refractivity contribution in [2.24, 2.45) is 7.05 Å². The highest BCUT2D eigenvalue weighted by molar-refractivity contribution is 6.30. The minimum Gasteiger partial charge on any atom is -0.383 e. The van der Waals surface area contributed by atoms with Gasteiger partial charge >= 0.3 is 0 Å². The van der Waals surface area contributed by atoms with Gasteiger partial charge in [0.05, 0.1) is 5.69 Å². The van der Waals surface area contributed by atoms with Crippen molar-refractivity contribution in [2.45, 2.75) is 39.7 Å². The Kier molecular flexibility index (Phi) is 4.21. The van der Waals surface area contributed by atoms with Crippen LogP contribution in [0.25, 0.3) is 0 Å². The molecular weight excluding hydrogens is 272 g/mol. The fraction of sp³-hybridized carbons (Fsp3) is 0.438. The number of hydrogen-bond donors (Lipinski definition) is 1. The van der Waals surface area contributed by atoms with Crippen molar-refractivity contribution in [3.05, 3.63) is 51.3 Å². The van der Waals surface area contributed by atoms with Crippen LogP contribution < -0.4 is 0 Å². The molecule has 0 bridgehead atoms. The molecule has 0 amide bonds. The van der Waals surface area contributed by atoms with Crippen molar-refractivity contribution < 1.29 is 5.11 Å². The molecule has 2 rings (SSSR count). The Morgan fingerprint density at radius 3 is 2.50 bits per heavy atom. The zero-order valence-electron chi connectivity index (χ0n) is 12.6. The first kappa shape index (κ1) is 15.1. The molecule has 0 spiro atoms. The molecule has 1 heterocycles. The third kappa shape index (κ3) is 2.60. The Hall–Kier alpha value is -1.32. The first-order chi connectivity index (χ1) is 9.32. The molecular formula is C16H21ClN2O. The molecule has 1 N–H and O–H groups in total. The van der Waals surface area contributed by atoms with Crippen LogP contribution in [-0.4, -0.2) is 14.9 Å². The van der Waals surface area contributed by atoms with E-state index < -0.39 is 6.10 Å². The van der Waals surface area contributed by atoms with Gasteiger partial charge in [0.1, 0.15) is 11.3 Å². The third-order valence-corrected chi connectivity index (χ3v) is 4.04. The van der Waals surface area contributed by atoms with Crippen LogP contribution in [0.15, 0.2) is 18.2 Å². The van der Waals surface area contributed by atoms with Gasteiger partial charge in [0.25, 0.3) is 0 Å².